The molecule has 1 heterocycles. The van der Waals surface area contributed by atoms with E-state index in [1.165, 1.54) is 0 Å². The average Bonchev–Trinajstić information content (AvgIpc) is 2.16. The molecule has 4 N–H and O–H groups in total. The second kappa shape index (κ2) is 2.53. The van der Waals surface area contributed by atoms with Crippen molar-refractivity contribution < 1.29 is 30.1 Å². The molecule has 66 valence electrons. The molecule has 0 aliphatic heterocycles. The van der Waals surface area contributed by atoms with Crippen LogP contribution in [-0.4, -0.2) is 31.3 Å². The Morgan fingerprint density at radius 2 is 2.00 bits per heavy atom. The average molecular weight is 175 g/mol. The van der Waals surface area contributed by atoms with Gasteiger partial charge in [-0.25, -0.2) is 4.79 Å². The molecule has 0 unspecified atom stereocenters. The Hall–Kier alpha value is -2.05. The van der Waals surface area contributed by atoms with Crippen molar-refractivity contribution in [3.8, 4) is 17.5 Å². The van der Waals surface area contributed by atoms with E-state index in [9.17, 15) is 4.79 Å². The van der Waals surface area contributed by atoms with Crippen LogP contribution < -0.4 is 4.84 Å². The minimum absolute atomic E-state index is 0.164. The maximum atomic E-state index is 9.94. The minimum Gasteiger partial charge on any atom is -0.503 e. The molecule has 7 heteroatoms. The smallest absolute Gasteiger partial charge is 0.503 e. The lowest BCUT2D eigenvalue weighted by atomic mass is 10.6. The van der Waals surface area contributed by atoms with Crippen LogP contribution in [-0.2, 0) is 0 Å². The zero-order chi connectivity index (χ0) is 9.30. The van der Waals surface area contributed by atoms with Gasteiger partial charge in [-0.3, -0.25) is 4.84 Å². The highest BCUT2D eigenvalue weighted by Crippen LogP contribution is 2.31. The first kappa shape index (κ1) is 8.05. The maximum absolute atomic E-state index is 9.94. The van der Waals surface area contributed by atoms with Gasteiger partial charge in [0.25, 0.3) is 5.88 Å². The van der Waals surface area contributed by atoms with Crippen molar-refractivity contribution in [2.45, 2.75) is 0 Å². The Bertz CT molecular complexity index is 316. The first-order valence-corrected chi connectivity index (χ1v) is 2.76. The second-order valence-corrected chi connectivity index (χ2v) is 1.86. The summed E-state index contributed by atoms with van der Waals surface area (Å²) in [5.41, 5.74) is 0. The molecular weight excluding hydrogens is 170 g/mol. The van der Waals surface area contributed by atoms with Gasteiger partial charge >= 0.3 is 6.16 Å². The van der Waals surface area contributed by atoms with Crippen LogP contribution in [0.25, 0.3) is 0 Å². The fourth-order valence-corrected chi connectivity index (χ4v) is 0.626. The second-order valence-electron chi connectivity index (χ2n) is 1.86. The van der Waals surface area contributed by atoms with E-state index in [1.54, 1.807) is 0 Å². The lowest BCUT2D eigenvalue weighted by Crippen LogP contribution is -2.16. The Morgan fingerprint density at radius 3 is 2.33 bits per heavy atom. The van der Waals surface area contributed by atoms with Crippen molar-refractivity contribution in [2.24, 2.45) is 0 Å². The maximum Gasteiger partial charge on any atom is 0.531 e. The standard InChI is InChI=1S/C5H5NO6/c7-2-1-3(8)6(4(2)9)12-5(10)11/h1,7-9H,(H,10,11). The van der Waals surface area contributed by atoms with Crippen molar-refractivity contribution in [1.82, 2.24) is 4.73 Å². The van der Waals surface area contributed by atoms with Crippen molar-refractivity contribution >= 4 is 6.16 Å². The quantitative estimate of drug-likeness (QED) is 0.466. The number of rotatable bonds is 1. The third kappa shape index (κ3) is 1.19. The number of carbonyl (C=O) groups is 1. The summed E-state index contributed by atoms with van der Waals surface area (Å²) in [6, 6.07) is 0.734. The molecule has 1 rings (SSSR count). The van der Waals surface area contributed by atoms with Crippen LogP contribution in [0, 0.1) is 0 Å². The molecule has 12 heavy (non-hydrogen) atoms. The molecule has 0 aromatic carbocycles. The molecule has 0 atom stereocenters. The third-order valence-corrected chi connectivity index (χ3v) is 1.06. The van der Waals surface area contributed by atoms with Crippen LogP contribution in [0.5, 0.6) is 17.5 Å². The molecule has 1 aromatic heterocycles. The van der Waals surface area contributed by atoms with Gasteiger partial charge in [0.15, 0.2) is 5.75 Å². The predicted molar refractivity (Wildman–Crippen MR) is 34.0 cm³/mol. The predicted octanol–water partition coefficient (Wildman–Crippen LogP) is -0.289. The number of aromatic nitrogens is 1. The Morgan fingerprint density at radius 1 is 1.42 bits per heavy atom. The molecule has 7 nitrogen and oxygen atoms in total. The largest absolute Gasteiger partial charge is 0.531 e. The van der Waals surface area contributed by atoms with Gasteiger partial charge in [-0.2, -0.15) is 0 Å². The monoisotopic (exact) mass is 175 g/mol. The van der Waals surface area contributed by atoms with E-state index in [2.05, 4.69) is 4.84 Å². The first-order chi connectivity index (χ1) is 5.52. The molecule has 0 radical (unpaired) electrons. The van der Waals surface area contributed by atoms with Crippen LogP contribution in [0.2, 0.25) is 0 Å². The fraction of sp³-hybridized carbons (Fsp3) is 0. The molecule has 0 saturated carbocycles. The first-order valence-electron chi connectivity index (χ1n) is 2.76. The van der Waals surface area contributed by atoms with Crippen LogP contribution in [0.3, 0.4) is 0 Å². The van der Waals surface area contributed by atoms with Gasteiger partial charge < -0.3 is 20.4 Å². The van der Waals surface area contributed by atoms with E-state index in [4.69, 9.17) is 20.4 Å². The molecule has 1 aromatic rings. The van der Waals surface area contributed by atoms with E-state index >= 15 is 0 Å². The highest BCUT2D eigenvalue weighted by atomic mass is 16.8. The summed E-state index contributed by atoms with van der Waals surface area (Å²) in [6.07, 6.45) is -1.73. The number of aromatic hydroxyl groups is 3. The summed E-state index contributed by atoms with van der Waals surface area (Å²) in [7, 11) is 0. The van der Waals surface area contributed by atoms with Gasteiger partial charge in [0.1, 0.15) is 0 Å². The summed E-state index contributed by atoms with van der Waals surface area (Å²) in [5.74, 6) is -2.27. The van der Waals surface area contributed by atoms with E-state index in [0.717, 1.165) is 6.07 Å². The van der Waals surface area contributed by atoms with E-state index in [0.29, 0.717) is 0 Å². The lowest BCUT2D eigenvalue weighted by Gasteiger charge is -2.01. The Balaban J connectivity index is 3.05. The van der Waals surface area contributed by atoms with Gasteiger partial charge in [0.2, 0.25) is 5.88 Å². The summed E-state index contributed by atoms with van der Waals surface area (Å²) in [5, 5.41) is 34.5. The van der Waals surface area contributed by atoms with Crippen LogP contribution in [0.15, 0.2) is 6.07 Å². The van der Waals surface area contributed by atoms with E-state index in [1.807, 2.05) is 0 Å². The molecule has 0 bridgehead atoms. The molecule has 0 aliphatic rings. The number of nitrogens with zero attached hydrogens (tertiary/aromatic N) is 1. The SMILES string of the molecule is O=C(O)On1c(O)cc(O)c1O. The van der Waals surface area contributed by atoms with E-state index in [-0.39, 0.29) is 4.73 Å². The van der Waals surface area contributed by atoms with Crippen molar-refractivity contribution in [2.75, 3.05) is 0 Å². The molecule has 0 amide bonds. The zero-order valence-electron chi connectivity index (χ0n) is 5.63. The minimum atomic E-state index is -1.73. The lowest BCUT2D eigenvalue weighted by molar-refractivity contribution is 0.0638. The van der Waals surface area contributed by atoms with Gasteiger partial charge in [0, 0.05) is 6.07 Å². The van der Waals surface area contributed by atoms with Crippen LogP contribution in [0.4, 0.5) is 4.79 Å². The summed E-state index contributed by atoms with van der Waals surface area (Å²) >= 11 is 0. The zero-order valence-corrected chi connectivity index (χ0v) is 5.63. The van der Waals surface area contributed by atoms with E-state index < -0.39 is 23.7 Å². The van der Waals surface area contributed by atoms with Gasteiger partial charge in [0.05, 0.1) is 0 Å². The molecule has 0 spiro atoms. The summed E-state index contributed by atoms with van der Waals surface area (Å²) < 4.78 is 0.164. The topological polar surface area (TPSA) is 112 Å². The number of hydrogen-bond donors (Lipinski definition) is 4. The number of carboxylic acid groups (broad SMARTS) is 1. The highest BCUT2D eigenvalue weighted by molar-refractivity contribution is 5.58. The van der Waals surface area contributed by atoms with Crippen molar-refractivity contribution in [3.63, 3.8) is 0 Å². The Kier molecular flexibility index (Phi) is 1.70. The molecule has 0 fully saturated rings. The Labute approximate surface area is 65.6 Å². The summed E-state index contributed by atoms with van der Waals surface area (Å²) in [6.45, 7) is 0. The molecule has 0 aliphatic carbocycles. The summed E-state index contributed by atoms with van der Waals surface area (Å²) in [4.78, 5) is 13.8. The van der Waals surface area contributed by atoms with Crippen molar-refractivity contribution in [1.29, 1.82) is 0 Å². The fourth-order valence-electron chi connectivity index (χ4n) is 0.626. The normalized spacial score (nSPS) is 9.67. The third-order valence-electron chi connectivity index (χ3n) is 1.06. The van der Waals surface area contributed by atoms with Crippen molar-refractivity contribution in [3.05, 3.63) is 6.07 Å². The molecule has 0 saturated heterocycles. The van der Waals surface area contributed by atoms with Crippen LogP contribution >= 0.6 is 0 Å². The van der Waals surface area contributed by atoms with Gasteiger partial charge in [-0.1, -0.05) is 4.73 Å². The highest BCUT2D eigenvalue weighted by Gasteiger charge is 2.16. The number of hydrogen-bond acceptors (Lipinski definition) is 5. The molecular formula is C5H5NO6. The van der Waals surface area contributed by atoms with Gasteiger partial charge in [-0.05, 0) is 0 Å². The van der Waals surface area contributed by atoms with Gasteiger partial charge in [-0.15, -0.1) is 0 Å². The van der Waals surface area contributed by atoms with Crippen LogP contribution in [0.1, 0.15) is 0 Å².